The molecule has 0 saturated heterocycles. The fourth-order valence-electron chi connectivity index (χ4n) is 1.13. The normalized spacial score (nSPS) is 12.2. The fourth-order valence-corrected chi connectivity index (χ4v) is 1.13. The molecule has 0 bridgehead atoms. The largest absolute Gasteiger partial charge is 0.493 e. The number of rotatable bonds is 5. The van der Waals surface area contributed by atoms with Gasteiger partial charge in [0.25, 0.3) is 0 Å². The van der Waals surface area contributed by atoms with Crippen LogP contribution in [0, 0.1) is 0 Å². The number of ether oxygens (including phenoxy) is 1. The molecule has 0 fully saturated rings. The first kappa shape index (κ1) is 11.7. The van der Waals surface area contributed by atoms with Crippen LogP contribution in [0.2, 0.25) is 0 Å². The Bertz CT molecular complexity index is 314. The number of benzene rings is 1. The number of Topliss-reactive ketones (excluding diaryl/α,β-unsaturated/α-hetero) is 1. The molecule has 1 rings (SSSR count). The van der Waals surface area contributed by atoms with E-state index in [1.807, 2.05) is 0 Å². The third-order valence-electron chi connectivity index (χ3n) is 2.07. The van der Waals surface area contributed by atoms with E-state index in [-0.39, 0.29) is 11.9 Å². The summed E-state index contributed by atoms with van der Waals surface area (Å²) in [7, 11) is 0. The predicted octanol–water partition coefficient (Wildman–Crippen LogP) is 2.04. The molecule has 0 spiro atoms. The zero-order chi connectivity index (χ0) is 11.3. The second-order valence-electron chi connectivity index (χ2n) is 3.57. The number of carbonyl (C=O) groups excluding carboxylic acids is 1. The molecule has 3 heteroatoms. The van der Waals surface area contributed by atoms with Gasteiger partial charge in [0.1, 0.15) is 5.75 Å². The lowest BCUT2D eigenvalue weighted by Gasteiger charge is -2.07. The van der Waals surface area contributed by atoms with Crippen molar-refractivity contribution in [1.29, 1.82) is 0 Å². The van der Waals surface area contributed by atoms with Gasteiger partial charge in [-0.25, -0.2) is 0 Å². The number of hydrogen-bond donors (Lipinski definition) is 1. The van der Waals surface area contributed by atoms with Crippen LogP contribution in [0.25, 0.3) is 0 Å². The minimum atomic E-state index is -0.346. The van der Waals surface area contributed by atoms with Crippen LogP contribution in [0.5, 0.6) is 5.75 Å². The summed E-state index contributed by atoms with van der Waals surface area (Å²) in [6, 6.07) is 7.00. The van der Waals surface area contributed by atoms with Crippen LogP contribution in [0.3, 0.4) is 0 Å². The molecule has 0 aromatic heterocycles. The second-order valence-corrected chi connectivity index (χ2v) is 3.57. The molecule has 0 aliphatic carbocycles. The number of hydrogen-bond acceptors (Lipinski definition) is 3. The molecule has 1 aromatic carbocycles. The summed E-state index contributed by atoms with van der Waals surface area (Å²) >= 11 is 0. The molecule has 15 heavy (non-hydrogen) atoms. The van der Waals surface area contributed by atoms with E-state index in [0.29, 0.717) is 18.6 Å². The van der Waals surface area contributed by atoms with Crippen molar-refractivity contribution in [3.63, 3.8) is 0 Å². The van der Waals surface area contributed by atoms with Crippen molar-refractivity contribution in [2.45, 2.75) is 26.4 Å². The molecule has 0 heterocycles. The molecule has 0 amide bonds. The zero-order valence-corrected chi connectivity index (χ0v) is 9.06. The molecule has 82 valence electrons. The highest BCUT2D eigenvalue weighted by atomic mass is 16.5. The van der Waals surface area contributed by atoms with Gasteiger partial charge in [0.05, 0.1) is 12.7 Å². The van der Waals surface area contributed by atoms with Crippen molar-refractivity contribution < 1.29 is 14.6 Å². The Labute approximate surface area is 89.7 Å². The van der Waals surface area contributed by atoms with Crippen molar-refractivity contribution >= 4 is 5.78 Å². The molecule has 1 N–H and O–H groups in total. The van der Waals surface area contributed by atoms with Gasteiger partial charge in [0, 0.05) is 12.0 Å². The minimum absolute atomic E-state index is 0.0468. The highest BCUT2D eigenvalue weighted by molar-refractivity contribution is 5.94. The third-order valence-corrected chi connectivity index (χ3v) is 2.07. The number of carbonyl (C=O) groups is 1. The van der Waals surface area contributed by atoms with Crippen molar-refractivity contribution in [2.75, 3.05) is 6.61 Å². The maximum atomic E-state index is 11.0. The van der Waals surface area contributed by atoms with Crippen LogP contribution in [0.1, 0.15) is 30.6 Å². The van der Waals surface area contributed by atoms with Crippen LogP contribution in [0.4, 0.5) is 0 Å². The maximum Gasteiger partial charge on any atom is 0.159 e. The average molecular weight is 208 g/mol. The highest BCUT2D eigenvalue weighted by Gasteiger charge is 2.00. The lowest BCUT2D eigenvalue weighted by Crippen LogP contribution is -2.07. The van der Waals surface area contributed by atoms with Gasteiger partial charge in [-0.2, -0.15) is 0 Å². The minimum Gasteiger partial charge on any atom is -0.493 e. The summed E-state index contributed by atoms with van der Waals surface area (Å²) in [5.74, 6) is 0.770. The molecule has 1 unspecified atom stereocenters. The van der Waals surface area contributed by atoms with Crippen LogP contribution in [0.15, 0.2) is 24.3 Å². The van der Waals surface area contributed by atoms with Gasteiger partial charge in [-0.3, -0.25) is 4.79 Å². The summed E-state index contributed by atoms with van der Waals surface area (Å²) < 4.78 is 5.38. The van der Waals surface area contributed by atoms with Gasteiger partial charge in [-0.1, -0.05) is 0 Å². The van der Waals surface area contributed by atoms with Gasteiger partial charge < -0.3 is 9.84 Å². The Balaban J connectivity index is 2.46. The number of aliphatic hydroxyl groups is 1. The predicted molar refractivity (Wildman–Crippen MR) is 58.2 cm³/mol. The highest BCUT2D eigenvalue weighted by Crippen LogP contribution is 2.12. The summed E-state index contributed by atoms with van der Waals surface area (Å²) in [5, 5.41) is 9.02. The molecule has 0 saturated carbocycles. The lowest BCUT2D eigenvalue weighted by atomic mass is 10.1. The van der Waals surface area contributed by atoms with Crippen molar-refractivity contribution in [3.05, 3.63) is 29.8 Å². The molecule has 1 atom stereocenters. The van der Waals surface area contributed by atoms with Gasteiger partial charge in [0.2, 0.25) is 0 Å². The molecular weight excluding hydrogens is 192 g/mol. The topological polar surface area (TPSA) is 46.5 Å². The quantitative estimate of drug-likeness (QED) is 0.753. The van der Waals surface area contributed by atoms with Crippen LogP contribution >= 0.6 is 0 Å². The van der Waals surface area contributed by atoms with Gasteiger partial charge in [0.15, 0.2) is 5.78 Å². The van der Waals surface area contributed by atoms with E-state index in [4.69, 9.17) is 9.84 Å². The molecule has 1 aromatic rings. The van der Waals surface area contributed by atoms with Crippen LogP contribution in [-0.2, 0) is 0 Å². The molecular formula is C12H16O3. The van der Waals surface area contributed by atoms with E-state index >= 15 is 0 Å². The Morgan fingerprint density at radius 3 is 2.47 bits per heavy atom. The smallest absolute Gasteiger partial charge is 0.159 e. The van der Waals surface area contributed by atoms with Gasteiger partial charge in [-0.15, -0.1) is 0 Å². The maximum absolute atomic E-state index is 11.0. The Kier molecular flexibility index (Phi) is 4.31. The summed E-state index contributed by atoms with van der Waals surface area (Å²) in [6.45, 7) is 3.74. The van der Waals surface area contributed by atoms with Crippen molar-refractivity contribution in [3.8, 4) is 5.75 Å². The average Bonchev–Trinajstić information content (AvgIpc) is 2.18. The third kappa shape index (κ3) is 4.13. The van der Waals surface area contributed by atoms with Crippen LogP contribution < -0.4 is 4.74 Å². The summed E-state index contributed by atoms with van der Waals surface area (Å²) in [6.07, 6.45) is 0.260. The summed E-state index contributed by atoms with van der Waals surface area (Å²) in [4.78, 5) is 11.0. The monoisotopic (exact) mass is 208 g/mol. The van der Waals surface area contributed by atoms with E-state index in [2.05, 4.69) is 0 Å². The van der Waals surface area contributed by atoms with E-state index in [0.717, 1.165) is 5.75 Å². The zero-order valence-electron chi connectivity index (χ0n) is 9.06. The van der Waals surface area contributed by atoms with Gasteiger partial charge >= 0.3 is 0 Å². The molecule has 0 aliphatic rings. The standard InChI is InChI=1S/C12H16O3/c1-9(13)7-8-15-12-5-3-11(4-6-12)10(2)14/h3-6,9,13H,7-8H2,1-2H3. The SMILES string of the molecule is CC(=O)c1ccc(OCCC(C)O)cc1. The van der Waals surface area contributed by atoms with Crippen LogP contribution in [-0.4, -0.2) is 23.6 Å². The summed E-state index contributed by atoms with van der Waals surface area (Å²) in [5.41, 5.74) is 0.679. The Morgan fingerprint density at radius 1 is 1.40 bits per heavy atom. The lowest BCUT2D eigenvalue weighted by molar-refractivity contribution is 0.101. The first-order valence-electron chi connectivity index (χ1n) is 5.01. The Hall–Kier alpha value is -1.35. The first-order valence-corrected chi connectivity index (χ1v) is 5.01. The van der Waals surface area contributed by atoms with Gasteiger partial charge in [-0.05, 0) is 38.1 Å². The fraction of sp³-hybridized carbons (Fsp3) is 0.417. The Morgan fingerprint density at radius 2 is 2.00 bits per heavy atom. The van der Waals surface area contributed by atoms with E-state index in [1.54, 1.807) is 31.2 Å². The van der Waals surface area contributed by atoms with Crippen molar-refractivity contribution in [1.82, 2.24) is 0 Å². The first-order chi connectivity index (χ1) is 7.09. The van der Waals surface area contributed by atoms with Crippen molar-refractivity contribution in [2.24, 2.45) is 0 Å². The number of ketones is 1. The molecule has 3 nitrogen and oxygen atoms in total. The van der Waals surface area contributed by atoms with E-state index in [1.165, 1.54) is 6.92 Å². The number of aliphatic hydroxyl groups excluding tert-OH is 1. The second kappa shape index (κ2) is 5.51. The van der Waals surface area contributed by atoms with E-state index in [9.17, 15) is 4.79 Å². The molecule has 0 aliphatic heterocycles. The van der Waals surface area contributed by atoms with E-state index < -0.39 is 0 Å². The molecule has 0 radical (unpaired) electrons.